The van der Waals surface area contributed by atoms with Crippen LogP contribution in [0, 0.1) is 5.82 Å². The average molecular weight is 441 g/mol. The molecule has 0 radical (unpaired) electrons. The highest BCUT2D eigenvalue weighted by molar-refractivity contribution is 5.78. The van der Waals surface area contributed by atoms with Crippen LogP contribution in [0.5, 0.6) is 5.75 Å². The van der Waals surface area contributed by atoms with E-state index in [1.807, 2.05) is 13.8 Å². The van der Waals surface area contributed by atoms with Crippen molar-refractivity contribution in [2.45, 2.75) is 45.4 Å². The molecule has 0 bridgehead atoms. The number of hydrogen-bond acceptors (Lipinski definition) is 7. The normalized spacial score (nSPS) is 15.3. The van der Waals surface area contributed by atoms with Crippen molar-refractivity contribution < 1.29 is 18.7 Å². The molecule has 3 aromatic rings. The number of hydrogen-bond donors (Lipinski definition) is 2. The lowest BCUT2D eigenvalue weighted by molar-refractivity contribution is -0.120. The predicted molar refractivity (Wildman–Crippen MR) is 112 cm³/mol. The molecule has 2 aromatic heterocycles. The first-order valence-corrected chi connectivity index (χ1v) is 10.2. The number of amides is 1. The summed E-state index contributed by atoms with van der Waals surface area (Å²) in [6.45, 7) is 5.44. The number of carbonyl (C=O) groups is 1. The molecule has 10 heteroatoms. The third-order valence-corrected chi connectivity index (χ3v) is 5.71. The summed E-state index contributed by atoms with van der Waals surface area (Å²) in [6, 6.07) is 5.77. The Hall–Kier alpha value is -3.53. The molecule has 2 N–H and O–H groups in total. The summed E-state index contributed by atoms with van der Waals surface area (Å²) in [5.74, 6) is -0.136. The zero-order valence-corrected chi connectivity index (χ0v) is 17.8. The van der Waals surface area contributed by atoms with Gasteiger partial charge in [0.05, 0.1) is 30.4 Å². The van der Waals surface area contributed by atoms with Crippen LogP contribution in [0.15, 0.2) is 46.1 Å². The zero-order valence-electron chi connectivity index (χ0n) is 17.8. The quantitative estimate of drug-likeness (QED) is 0.598. The molecule has 9 nitrogen and oxygen atoms in total. The molecule has 0 saturated heterocycles. The molecule has 0 atom stereocenters. The standard InChI is InChI=1S/C22H24FN5O4/c1-22(2)21-26-17(9-18(29)25-10-14-3-5-15(23)6-4-14)19(30)20(31)28(21)8-7-27(22)12-16-11-24-13-32-16/h3-6,11,13,30H,7-10,12H2,1-2H3,(H,25,29). The van der Waals surface area contributed by atoms with Gasteiger partial charge in [-0.05, 0) is 31.5 Å². The summed E-state index contributed by atoms with van der Waals surface area (Å²) in [5.41, 5.74) is -0.472. The first-order chi connectivity index (χ1) is 15.3. The number of fused-ring (bicyclic) bond motifs is 1. The molecule has 32 heavy (non-hydrogen) atoms. The maximum Gasteiger partial charge on any atom is 0.296 e. The Labute approximate surface area is 183 Å². The molecule has 0 spiro atoms. The van der Waals surface area contributed by atoms with Crippen molar-refractivity contribution in [1.82, 2.24) is 24.8 Å². The lowest BCUT2D eigenvalue weighted by Crippen LogP contribution is -2.52. The lowest BCUT2D eigenvalue weighted by Gasteiger charge is -2.42. The fourth-order valence-corrected chi connectivity index (χ4v) is 3.83. The third kappa shape index (κ3) is 4.26. The van der Waals surface area contributed by atoms with Gasteiger partial charge in [-0.2, -0.15) is 0 Å². The van der Waals surface area contributed by atoms with E-state index in [-0.39, 0.29) is 24.5 Å². The van der Waals surface area contributed by atoms with E-state index >= 15 is 0 Å². The first-order valence-electron chi connectivity index (χ1n) is 10.2. The van der Waals surface area contributed by atoms with E-state index in [1.165, 1.54) is 23.1 Å². The molecule has 168 valence electrons. The van der Waals surface area contributed by atoms with Gasteiger partial charge in [0.2, 0.25) is 11.7 Å². The lowest BCUT2D eigenvalue weighted by atomic mass is 9.97. The monoisotopic (exact) mass is 441 g/mol. The fourth-order valence-electron chi connectivity index (χ4n) is 3.83. The van der Waals surface area contributed by atoms with Gasteiger partial charge < -0.3 is 14.8 Å². The maximum atomic E-state index is 13.0. The molecule has 1 aromatic carbocycles. The Bertz CT molecular complexity index is 1170. The van der Waals surface area contributed by atoms with Crippen LogP contribution in [0.2, 0.25) is 0 Å². The molecule has 0 saturated carbocycles. The molecule has 4 rings (SSSR count). The van der Waals surface area contributed by atoms with Gasteiger partial charge in [-0.1, -0.05) is 12.1 Å². The van der Waals surface area contributed by atoms with Crippen molar-refractivity contribution in [3.05, 3.63) is 75.9 Å². The summed E-state index contributed by atoms with van der Waals surface area (Å²) in [6.07, 6.45) is 2.75. The number of halogens is 1. The average Bonchev–Trinajstić information content (AvgIpc) is 3.27. The van der Waals surface area contributed by atoms with Crippen LogP contribution in [-0.4, -0.2) is 37.0 Å². The van der Waals surface area contributed by atoms with Crippen LogP contribution < -0.4 is 10.9 Å². The Morgan fingerprint density at radius 3 is 2.72 bits per heavy atom. The van der Waals surface area contributed by atoms with Crippen molar-refractivity contribution in [3.63, 3.8) is 0 Å². The van der Waals surface area contributed by atoms with Gasteiger partial charge in [0, 0.05) is 19.6 Å². The topological polar surface area (TPSA) is 113 Å². The van der Waals surface area contributed by atoms with Crippen molar-refractivity contribution in [1.29, 1.82) is 0 Å². The minimum Gasteiger partial charge on any atom is -0.502 e. The summed E-state index contributed by atoms with van der Waals surface area (Å²) in [4.78, 5) is 35.8. The van der Waals surface area contributed by atoms with E-state index in [0.717, 1.165) is 5.56 Å². The molecule has 1 aliphatic rings. The highest BCUT2D eigenvalue weighted by Gasteiger charge is 2.38. The van der Waals surface area contributed by atoms with Gasteiger partial charge in [0.25, 0.3) is 5.56 Å². The van der Waals surface area contributed by atoms with Crippen LogP contribution >= 0.6 is 0 Å². The van der Waals surface area contributed by atoms with Crippen molar-refractivity contribution in [3.8, 4) is 5.75 Å². The minimum absolute atomic E-state index is 0.0208. The number of benzene rings is 1. The molecular formula is C22H24FN5O4. The number of aromatic hydroxyl groups is 1. The molecule has 1 aliphatic heterocycles. The highest BCUT2D eigenvalue weighted by atomic mass is 19.1. The number of aromatic nitrogens is 3. The SMILES string of the molecule is CC1(C)c2nc(CC(=O)NCc3ccc(F)cc3)c(O)c(=O)n2CCN1Cc1cnco1. The van der Waals surface area contributed by atoms with E-state index in [2.05, 4.69) is 20.2 Å². The van der Waals surface area contributed by atoms with Crippen LogP contribution in [0.4, 0.5) is 4.39 Å². The van der Waals surface area contributed by atoms with E-state index < -0.39 is 22.8 Å². The Morgan fingerprint density at radius 1 is 1.28 bits per heavy atom. The molecule has 1 amide bonds. The van der Waals surface area contributed by atoms with E-state index in [4.69, 9.17) is 4.42 Å². The first kappa shape index (κ1) is 21.7. The molecule has 0 aliphatic carbocycles. The second-order valence-corrected chi connectivity index (χ2v) is 8.22. The number of rotatable bonds is 6. The Kier molecular flexibility index (Phi) is 5.79. The predicted octanol–water partition coefficient (Wildman–Crippen LogP) is 1.69. The van der Waals surface area contributed by atoms with E-state index in [0.29, 0.717) is 31.2 Å². The van der Waals surface area contributed by atoms with Gasteiger partial charge in [0.15, 0.2) is 6.39 Å². The van der Waals surface area contributed by atoms with Gasteiger partial charge in [-0.25, -0.2) is 14.4 Å². The number of carbonyl (C=O) groups excluding carboxylic acids is 1. The van der Waals surface area contributed by atoms with Gasteiger partial charge >= 0.3 is 0 Å². The summed E-state index contributed by atoms with van der Waals surface area (Å²) in [5, 5.41) is 13.1. The van der Waals surface area contributed by atoms with Crippen molar-refractivity contribution in [2.24, 2.45) is 0 Å². The number of nitrogens with one attached hydrogen (secondary N) is 1. The largest absolute Gasteiger partial charge is 0.502 e. The number of nitrogens with zero attached hydrogens (tertiary/aromatic N) is 4. The van der Waals surface area contributed by atoms with Crippen LogP contribution in [0.3, 0.4) is 0 Å². The van der Waals surface area contributed by atoms with Crippen LogP contribution in [0.1, 0.15) is 36.7 Å². The fraction of sp³-hybridized carbons (Fsp3) is 0.364. The number of oxazole rings is 1. The van der Waals surface area contributed by atoms with E-state index in [9.17, 15) is 19.1 Å². The third-order valence-electron chi connectivity index (χ3n) is 5.71. The summed E-state index contributed by atoms with van der Waals surface area (Å²) < 4.78 is 19.8. The molecular weight excluding hydrogens is 417 g/mol. The second kappa shape index (κ2) is 8.54. The van der Waals surface area contributed by atoms with Crippen LogP contribution in [0.25, 0.3) is 0 Å². The summed E-state index contributed by atoms with van der Waals surface area (Å²) >= 11 is 0. The van der Waals surface area contributed by atoms with Crippen molar-refractivity contribution >= 4 is 5.91 Å². The van der Waals surface area contributed by atoms with Gasteiger partial charge in [-0.3, -0.25) is 19.1 Å². The van der Waals surface area contributed by atoms with Crippen molar-refractivity contribution in [2.75, 3.05) is 6.54 Å². The Morgan fingerprint density at radius 2 is 2.03 bits per heavy atom. The second-order valence-electron chi connectivity index (χ2n) is 8.22. The highest BCUT2D eigenvalue weighted by Crippen LogP contribution is 2.32. The maximum absolute atomic E-state index is 13.0. The van der Waals surface area contributed by atoms with Crippen LogP contribution in [-0.2, 0) is 36.4 Å². The minimum atomic E-state index is -0.656. The zero-order chi connectivity index (χ0) is 22.9. The smallest absolute Gasteiger partial charge is 0.296 e. The molecule has 3 heterocycles. The summed E-state index contributed by atoms with van der Waals surface area (Å²) in [7, 11) is 0. The van der Waals surface area contributed by atoms with Gasteiger partial charge in [0.1, 0.15) is 17.4 Å². The van der Waals surface area contributed by atoms with Gasteiger partial charge in [-0.15, -0.1) is 0 Å². The van der Waals surface area contributed by atoms with E-state index in [1.54, 1.807) is 18.3 Å². The Balaban J connectivity index is 1.54. The molecule has 0 unspecified atom stereocenters. The molecule has 0 fully saturated rings.